The quantitative estimate of drug-likeness (QED) is 0.435. The Balaban J connectivity index is 1.52. The molecule has 0 saturated heterocycles. The maximum absolute atomic E-state index is 13.3. The van der Waals surface area contributed by atoms with Crippen LogP contribution in [0.5, 0.6) is 0 Å². The van der Waals surface area contributed by atoms with Crippen molar-refractivity contribution in [2.45, 2.75) is 26.3 Å². The van der Waals surface area contributed by atoms with Crippen molar-refractivity contribution in [1.29, 1.82) is 0 Å². The molecule has 0 fully saturated rings. The summed E-state index contributed by atoms with van der Waals surface area (Å²) >= 11 is 6.17. The Hall–Kier alpha value is -4.11. The fraction of sp³-hybridized carbons (Fsp3) is 0.259. The summed E-state index contributed by atoms with van der Waals surface area (Å²) in [6.45, 7) is 3.78. The van der Waals surface area contributed by atoms with Crippen LogP contribution in [-0.4, -0.2) is 58.1 Å². The summed E-state index contributed by atoms with van der Waals surface area (Å²) < 4.78 is 5.32. The van der Waals surface area contributed by atoms with Crippen molar-refractivity contribution < 1.29 is 24.0 Å². The van der Waals surface area contributed by atoms with Crippen LogP contribution in [-0.2, 0) is 4.79 Å². The maximum atomic E-state index is 13.3. The number of carboxylic acids is 1. The SMILES string of the molecule is CC1=C(C(=O)O)C(c2cccc(Cl)c2)N(CCCN(C)C(=O)c2c(-c3ccccc3)noc2C)C(=O)N1. The minimum atomic E-state index is -1.13. The average molecular weight is 523 g/mol. The van der Waals surface area contributed by atoms with Gasteiger partial charge >= 0.3 is 12.0 Å². The number of aryl methyl sites for hydroxylation is 1. The predicted octanol–water partition coefficient (Wildman–Crippen LogP) is 4.89. The molecule has 2 heterocycles. The van der Waals surface area contributed by atoms with Gasteiger partial charge in [-0.2, -0.15) is 0 Å². The molecule has 0 aliphatic carbocycles. The zero-order chi connectivity index (χ0) is 26.7. The van der Waals surface area contributed by atoms with E-state index < -0.39 is 18.0 Å². The number of hydrogen-bond acceptors (Lipinski definition) is 5. The van der Waals surface area contributed by atoms with Gasteiger partial charge in [-0.15, -0.1) is 0 Å². The second-order valence-corrected chi connectivity index (χ2v) is 9.27. The van der Waals surface area contributed by atoms with E-state index in [0.717, 1.165) is 5.56 Å². The highest BCUT2D eigenvalue weighted by molar-refractivity contribution is 6.30. The molecule has 0 radical (unpaired) electrons. The van der Waals surface area contributed by atoms with Crippen LogP contribution in [0, 0.1) is 6.92 Å². The summed E-state index contributed by atoms with van der Waals surface area (Å²) in [5, 5.41) is 17.1. The Morgan fingerprint density at radius 3 is 2.57 bits per heavy atom. The summed E-state index contributed by atoms with van der Waals surface area (Å²) in [5.74, 6) is -0.968. The number of carboxylic acid groups (broad SMARTS) is 1. The molecule has 2 aromatic carbocycles. The van der Waals surface area contributed by atoms with E-state index in [1.54, 1.807) is 50.1 Å². The van der Waals surface area contributed by atoms with Crippen LogP contribution in [0.4, 0.5) is 4.79 Å². The van der Waals surface area contributed by atoms with Crippen LogP contribution < -0.4 is 5.32 Å². The number of carbonyl (C=O) groups is 3. The first kappa shape index (κ1) is 26.0. The molecule has 1 aliphatic heterocycles. The fourth-order valence-electron chi connectivity index (χ4n) is 4.50. The third-order valence-corrected chi connectivity index (χ3v) is 6.54. The van der Waals surface area contributed by atoms with Crippen molar-refractivity contribution in [3.05, 3.63) is 87.8 Å². The summed E-state index contributed by atoms with van der Waals surface area (Å²) in [6, 6.07) is 14.9. The van der Waals surface area contributed by atoms with E-state index >= 15 is 0 Å². The zero-order valence-electron chi connectivity index (χ0n) is 20.7. The van der Waals surface area contributed by atoms with Crippen molar-refractivity contribution in [3.8, 4) is 11.3 Å². The summed E-state index contributed by atoms with van der Waals surface area (Å²) in [4.78, 5) is 41.4. The molecule has 0 spiro atoms. The third kappa shape index (κ3) is 5.36. The van der Waals surface area contributed by atoms with Gasteiger partial charge in [-0.05, 0) is 38.0 Å². The van der Waals surface area contributed by atoms with Crippen molar-refractivity contribution >= 4 is 29.5 Å². The summed E-state index contributed by atoms with van der Waals surface area (Å²) in [5.41, 5.74) is 2.57. The topological polar surface area (TPSA) is 116 Å². The van der Waals surface area contributed by atoms with Gasteiger partial charge in [0.2, 0.25) is 0 Å². The molecule has 10 heteroatoms. The largest absolute Gasteiger partial charge is 0.478 e. The van der Waals surface area contributed by atoms with E-state index in [-0.39, 0.29) is 23.7 Å². The number of allylic oxidation sites excluding steroid dienone is 1. The number of benzene rings is 2. The highest BCUT2D eigenvalue weighted by Crippen LogP contribution is 2.35. The lowest BCUT2D eigenvalue weighted by Crippen LogP contribution is -2.49. The van der Waals surface area contributed by atoms with E-state index in [4.69, 9.17) is 16.1 Å². The number of hydrogen-bond donors (Lipinski definition) is 2. The number of amides is 3. The maximum Gasteiger partial charge on any atom is 0.335 e. The number of nitrogens with one attached hydrogen (secondary N) is 1. The Bertz CT molecular complexity index is 1370. The Kier molecular flexibility index (Phi) is 7.63. The van der Waals surface area contributed by atoms with E-state index in [0.29, 0.717) is 40.6 Å². The van der Waals surface area contributed by atoms with Crippen LogP contribution in [0.2, 0.25) is 5.02 Å². The van der Waals surface area contributed by atoms with E-state index in [1.165, 1.54) is 4.90 Å². The monoisotopic (exact) mass is 522 g/mol. The van der Waals surface area contributed by atoms with Crippen LogP contribution in [0.1, 0.15) is 41.1 Å². The first-order valence-electron chi connectivity index (χ1n) is 11.7. The molecular formula is C27H27ClN4O5. The molecule has 4 rings (SSSR count). The van der Waals surface area contributed by atoms with E-state index in [1.807, 2.05) is 30.3 Å². The van der Waals surface area contributed by atoms with Gasteiger partial charge in [0.1, 0.15) is 17.0 Å². The van der Waals surface area contributed by atoms with Gasteiger partial charge in [0.15, 0.2) is 0 Å². The number of aromatic nitrogens is 1. The second kappa shape index (κ2) is 10.9. The second-order valence-electron chi connectivity index (χ2n) is 8.83. The number of halogens is 1. The molecule has 3 aromatic rings. The van der Waals surface area contributed by atoms with Crippen LogP contribution in [0.3, 0.4) is 0 Å². The number of aliphatic carboxylic acids is 1. The van der Waals surface area contributed by atoms with Gasteiger partial charge in [-0.25, -0.2) is 9.59 Å². The van der Waals surface area contributed by atoms with Crippen molar-refractivity contribution in [3.63, 3.8) is 0 Å². The Labute approximate surface area is 219 Å². The fourth-order valence-corrected chi connectivity index (χ4v) is 4.70. The van der Waals surface area contributed by atoms with E-state index in [9.17, 15) is 19.5 Å². The predicted molar refractivity (Wildman–Crippen MR) is 138 cm³/mol. The lowest BCUT2D eigenvalue weighted by Gasteiger charge is -2.37. The first-order chi connectivity index (χ1) is 17.7. The van der Waals surface area contributed by atoms with Crippen molar-refractivity contribution in [1.82, 2.24) is 20.3 Å². The van der Waals surface area contributed by atoms with Gasteiger partial charge in [0.05, 0.1) is 11.6 Å². The molecule has 0 bridgehead atoms. The normalized spacial score (nSPS) is 15.5. The molecule has 2 N–H and O–H groups in total. The van der Waals surface area contributed by atoms with Crippen LogP contribution in [0.25, 0.3) is 11.3 Å². The summed E-state index contributed by atoms with van der Waals surface area (Å²) in [6.07, 6.45) is 0.406. The smallest absolute Gasteiger partial charge is 0.335 e. The standard InChI is InChI=1S/C27H27ClN4O5/c1-16-21(26(34)35)24(19-11-7-12-20(28)15-19)32(27(36)29-16)14-8-13-31(3)25(33)22-17(2)37-30-23(22)18-9-5-4-6-10-18/h4-7,9-12,15,24H,8,13-14H2,1-3H3,(H,29,36)(H,34,35). The van der Waals surface area contributed by atoms with Gasteiger partial charge in [0, 0.05) is 36.4 Å². The lowest BCUT2D eigenvalue weighted by molar-refractivity contribution is -0.133. The number of urea groups is 1. The molecule has 192 valence electrons. The zero-order valence-corrected chi connectivity index (χ0v) is 21.5. The molecule has 1 atom stereocenters. The summed E-state index contributed by atoms with van der Waals surface area (Å²) in [7, 11) is 1.67. The van der Waals surface area contributed by atoms with Gasteiger partial charge in [-0.3, -0.25) is 4.79 Å². The molecule has 1 aromatic heterocycles. The number of nitrogens with zero attached hydrogens (tertiary/aromatic N) is 3. The minimum absolute atomic E-state index is 0.0684. The molecule has 0 saturated carbocycles. The molecule has 9 nitrogen and oxygen atoms in total. The Morgan fingerprint density at radius 2 is 1.89 bits per heavy atom. The minimum Gasteiger partial charge on any atom is -0.478 e. The lowest BCUT2D eigenvalue weighted by atomic mass is 9.93. The average Bonchev–Trinajstić information content (AvgIpc) is 3.25. The van der Waals surface area contributed by atoms with Crippen molar-refractivity contribution in [2.75, 3.05) is 20.1 Å². The van der Waals surface area contributed by atoms with Gasteiger partial charge in [0.25, 0.3) is 5.91 Å². The van der Waals surface area contributed by atoms with Crippen LogP contribution in [0.15, 0.2) is 70.4 Å². The Morgan fingerprint density at radius 1 is 1.16 bits per heavy atom. The number of rotatable bonds is 8. The molecule has 1 aliphatic rings. The highest BCUT2D eigenvalue weighted by atomic mass is 35.5. The van der Waals surface area contributed by atoms with Crippen LogP contribution >= 0.6 is 11.6 Å². The van der Waals surface area contributed by atoms with Gasteiger partial charge < -0.3 is 24.7 Å². The third-order valence-electron chi connectivity index (χ3n) is 6.30. The number of carbonyl (C=O) groups excluding carboxylic acids is 2. The molecule has 37 heavy (non-hydrogen) atoms. The first-order valence-corrected chi connectivity index (χ1v) is 12.1. The van der Waals surface area contributed by atoms with Gasteiger partial charge in [-0.1, -0.05) is 59.2 Å². The van der Waals surface area contributed by atoms with Crippen molar-refractivity contribution in [2.24, 2.45) is 0 Å². The molecule has 1 unspecified atom stereocenters. The highest BCUT2D eigenvalue weighted by Gasteiger charge is 2.37. The van der Waals surface area contributed by atoms with E-state index in [2.05, 4.69) is 10.5 Å². The molecular weight excluding hydrogens is 496 g/mol. The molecule has 3 amide bonds.